The SMILES string of the molecule is C#CCNCC(=O)NC1CS(=O)(=O)C1. The van der Waals surface area contributed by atoms with Crippen LogP contribution in [0.15, 0.2) is 0 Å². The van der Waals surface area contributed by atoms with Gasteiger partial charge in [0.1, 0.15) is 0 Å². The molecule has 1 rings (SSSR count). The van der Waals surface area contributed by atoms with Crippen LogP contribution in [0.4, 0.5) is 0 Å². The van der Waals surface area contributed by atoms with Gasteiger partial charge in [-0.1, -0.05) is 5.92 Å². The van der Waals surface area contributed by atoms with Gasteiger partial charge in [0.2, 0.25) is 5.91 Å². The zero-order valence-electron chi connectivity index (χ0n) is 7.62. The van der Waals surface area contributed by atoms with E-state index in [0.29, 0.717) is 6.54 Å². The minimum atomic E-state index is -2.87. The molecule has 1 aliphatic rings. The van der Waals surface area contributed by atoms with E-state index in [0.717, 1.165) is 0 Å². The highest BCUT2D eigenvalue weighted by Gasteiger charge is 2.33. The van der Waals surface area contributed by atoms with Gasteiger partial charge in [0.15, 0.2) is 9.84 Å². The molecule has 0 aromatic carbocycles. The summed E-state index contributed by atoms with van der Waals surface area (Å²) in [6.45, 7) is 0.455. The maximum absolute atomic E-state index is 11.1. The van der Waals surface area contributed by atoms with E-state index in [4.69, 9.17) is 6.42 Å². The first-order valence-electron chi connectivity index (χ1n) is 4.17. The molecule has 5 nitrogen and oxygen atoms in total. The van der Waals surface area contributed by atoms with Crippen LogP contribution in [0.3, 0.4) is 0 Å². The van der Waals surface area contributed by atoms with Crippen LogP contribution in [-0.2, 0) is 14.6 Å². The molecule has 1 fully saturated rings. The lowest BCUT2D eigenvalue weighted by Gasteiger charge is -2.26. The van der Waals surface area contributed by atoms with Crippen LogP contribution in [0.5, 0.6) is 0 Å². The third-order valence-corrected chi connectivity index (χ3v) is 3.61. The second-order valence-corrected chi connectivity index (χ2v) is 5.30. The third-order valence-electron chi connectivity index (χ3n) is 1.79. The first-order chi connectivity index (χ1) is 6.53. The van der Waals surface area contributed by atoms with Crippen LogP contribution in [0.25, 0.3) is 0 Å². The van der Waals surface area contributed by atoms with Gasteiger partial charge in [0.05, 0.1) is 30.6 Å². The van der Waals surface area contributed by atoms with Crippen molar-refractivity contribution in [3.8, 4) is 12.3 Å². The molecule has 1 aliphatic heterocycles. The molecule has 1 heterocycles. The molecule has 0 saturated carbocycles. The molecule has 78 valence electrons. The monoisotopic (exact) mass is 216 g/mol. The van der Waals surface area contributed by atoms with Crippen molar-refractivity contribution in [3.63, 3.8) is 0 Å². The molecule has 0 radical (unpaired) electrons. The predicted molar refractivity (Wildman–Crippen MR) is 52.3 cm³/mol. The number of carbonyl (C=O) groups excluding carboxylic acids is 1. The largest absolute Gasteiger partial charge is 0.350 e. The van der Waals surface area contributed by atoms with E-state index in [9.17, 15) is 13.2 Å². The quantitative estimate of drug-likeness (QED) is 0.426. The molecular formula is C8H12N2O3S. The molecule has 14 heavy (non-hydrogen) atoms. The lowest BCUT2D eigenvalue weighted by Crippen LogP contribution is -2.54. The second kappa shape index (κ2) is 4.44. The Morgan fingerprint density at radius 1 is 1.50 bits per heavy atom. The van der Waals surface area contributed by atoms with E-state index < -0.39 is 9.84 Å². The van der Waals surface area contributed by atoms with Crippen molar-refractivity contribution >= 4 is 15.7 Å². The lowest BCUT2D eigenvalue weighted by molar-refractivity contribution is -0.120. The predicted octanol–water partition coefficient (Wildman–Crippen LogP) is -1.88. The van der Waals surface area contributed by atoms with Crippen LogP contribution < -0.4 is 10.6 Å². The molecule has 0 aromatic heterocycles. The summed E-state index contributed by atoms with van der Waals surface area (Å²) in [5, 5.41) is 5.29. The van der Waals surface area contributed by atoms with Gasteiger partial charge in [-0.15, -0.1) is 6.42 Å². The van der Waals surface area contributed by atoms with E-state index in [1.807, 2.05) is 0 Å². The molecule has 1 amide bonds. The third kappa shape index (κ3) is 3.36. The van der Waals surface area contributed by atoms with Gasteiger partial charge in [0, 0.05) is 0 Å². The highest BCUT2D eigenvalue weighted by atomic mass is 32.2. The molecule has 2 N–H and O–H groups in total. The van der Waals surface area contributed by atoms with Crippen molar-refractivity contribution in [3.05, 3.63) is 0 Å². The Bertz CT molecular complexity index is 343. The van der Waals surface area contributed by atoms with Gasteiger partial charge >= 0.3 is 0 Å². The fourth-order valence-electron chi connectivity index (χ4n) is 1.17. The number of terminal acetylenes is 1. The van der Waals surface area contributed by atoms with E-state index >= 15 is 0 Å². The fourth-order valence-corrected chi connectivity index (χ4v) is 2.47. The minimum absolute atomic E-state index is 0.0495. The smallest absolute Gasteiger partial charge is 0.234 e. The molecule has 0 atom stereocenters. The van der Waals surface area contributed by atoms with Crippen LogP contribution in [0.2, 0.25) is 0 Å². The summed E-state index contributed by atoms with van der Waals surface area (Å²) in [4.78, 5) is 11.1. The number of amides is 1. The molecule has 1 saturated heterocycles. The highest BCUT2D eigenvalue weighted by molar-refractivity contribution is 7.92. The van der Waals surface area contributed by atoms with Crippen LogP contribution in [0.1, 0.15) is 0 Å². The average Bonchev–Trinajstić information content (AvgIpc) is 2.01. The molecular weight excluding hydrogens is 204 g/mol. The lowest BCUT2D eigenvalue weighted by atomic mass is 10.3. The molecule has 0 aromatic rings. The van der Waals surface area contributed by atoms with E-state index in [2.05, 4.69) is 16.6 Å². The van der Waals surface area contributed by atoms with Crippen LogP contribution >= 0.6 is 0 Å². The standard InChI is InChI=1S/C8H12N2O3S/c1-2-3-9-4-8(11)10-7-5-14(12,13)6-7/h1,7,9H,3-6H2,(H,10,11). The van der Waals surface area contributed by atoms with Gasteiger partial charge in [-0.25, -0.2) is 8.42 Å². The molecule has 0 bridgehead atoms. The van der Waals surface area contributed by atoms with Gasteiger partial charge in [-0.05, 0) is 0 Å². The Labute approximate surface area is 83.2 Å². The summed E-state index contributed by atoms with van der Waals surface area (Å²) in [5.41, 5.74) is 0. The van der Waals surface area contributed by atoms with Crippen molar-refractivity contribution in [1.82, 2.24) is 10.6 Å². The highest BCUT2D eigenvalue weighted by Crippen LogP contribution is 2.09. The number of hydrogen-bond donors (Lipinski definition) is 2. The fraction of sp³-hybridized carbons (Fsp3) is 0.625. The summed E-state index contributed by atoms with van der Waals surface area (Å²) in [5.74, 6) is 2.21. The number of rotatable bonds is 4. The molecule has 0 aliphatic carbocycles. The first kappa shape index (κ1) is 11.0. The summed E-state index contributed by atoms with van der Waals surface area (Å²) in [7, 11) is -2.87. The Balaban J connectivity index is 2.14. The Morgan fingerprint density at radius 2 is 2.14 bits per heavy atom. The minimum Gasteiger partial charge on any atom is -0.350 e. The van der Waals surface area contributed by atoms with Crippen molar-refractivity contribution in [2.45, 2.75) is 6.04 Å². The zero-order chi connectivity index (χ0) is 10.6. The van der Waals surface area contributed by atoms with Gasteiger partial charge in [0.25, 0.3) is 0 Å². The maximum atomic E-state index is 11.1. The normalized spacial score (nSPS) is 19.4. The van der Waals surface area contributed by atoms with E-state index in [1.54, 1.807) is 0 Å². The summed E-state index contributed by atoms with van der Waals surface area (Å²) < 4.78 is 21.5. The maximum Gasteiger partial charge on any atom is 0.234 e. The van der Waals surface area contributed by atoms with Crippen molar-refractivity contribution in [2.24, 2.45) is 0 Å². The van der Waals surface area contributed by atoms with E-state index in [-0.39, 0.29) is 30.0 Å². The van der Waals surface area contributed by atoms with Gasteiger partial charge in [-0.3, -0.25) is 10.1 Å². The topological polar surface area (TPSA) is 75.3 Å². The summed E-state index contributed by atoms with van der Waals surface area (Å²) in [6.07, 6.45) is 4.97. The average molecular weight is 216 g/mol. The van der Waals surface area contributed by atoms with Crippen LogP contribution in [-0.4, -0.2) is 45.0 Å². The first-order valence-corrected chi connectivity index (χ1v) is 5.99. The zero-order valence-corrected chi connectivity index (χ0v) is 8.43. The van der Waals surface area contributed by atoms with Gasteiger partial charge in [-0.2, -0.15) is 0 Å². The van der Waals surface area contributed by atoms with Crippen molar-refractivity contribution < 1.29 is 13.2 Å². The number of hydrogen-bond acceptors (Lipinski definition) is 4. The Kier molecular flexibility index (Phi) is 3.49. The second-order valence-electron chi connectivity index (χ2n) is 3.15. The number of carbonyl (C=O) groups is 1. The number of sulfone groups is 1. The summed E-state index contributed by atoms with van der Waals surface area (Å²) in [6, 6.07) is -0.222. The van der Waals surface area contributed by atoms with Crippen molar-refractivity contribution in [2.75, 3.05) is 24.6 Å². The van der Waals surface area contributed by atoms with Crippen molar-refractivity contribution in [1.29, 1.82) is 0 Å². The van der Waals surface area contributed by atoms with Crippen LogP contribution in [0, 0.1) is 12.3 Å². The Hall–Kier alpha value is -1.06. The molecule has 0 spiro atoms. The molecule has 6 heteroatoms. The van der Waals surface area contributed by atoms with Gasteiger partial charge < -0.3 is 5.32 Å². The Morgan fingerprint density at radius 3 is 2.64 bits per heavy atom. The molecule has 0 unspecified atom stereocenters. The van der Waals surface area contributed by atoms with E-state index in [1.165, 1.54) is 0 Å². The summed E-state index contributed by atoms with van der Waals surface area (Å²) >= 11 is 0. The number of nitrogens with one attached hydrogen (secondary N) is 2.